The van der Waals surface area contributed by atoms with E-state index in [1.165, 1.54) is 19.1 Å². The molecule has 1 N–H and O–H groups in total. The Labute approximate surface area is 95.6 Å². The highest BCUT2D eigenvalue weighted by Crippen LogP contribution is 2.29. The Kier molecular flexibility index (Phi) is 3.68. The second-order valence-corrected chi connectivity index (χ2v) is 3.38. The van der Waals surface area contributed by atoms with Crippen LogP contribution >= 0.6 is 11.6 Å². The number of hydrogen-bond donors (Lipinski definition) is 1. The summed E-state index contributed by atoms with van der Waals surface area (Å²) in [4.78, 5) is 20.3. The van der Waals surface area contributed by atoms with Crippen molar-refractivity contribution in [1.82, 2.24) is 0 Å². The van der Waals surface area contributed by atoms with Crippen molar-refractivity contribution in [3.8, 4) is 5.75 Å². The summed E-state index contributed by atoms with van der Waals surface area (Å²) in [5.74, 6) is -1.04. The summed E-state index contributed by atoms with van der Waals surface area (Å²) < 4.78 is 4.99. The number of nitrogens with zero attached hydrogens (tertiary/aromatic N) is 1. The Bertz CT molecular complexity index is 434. The molecule has 1 rings (SSSR count). The number of aliphatic carboxylic acids is 1. The Morgan fingerprint density at radius 2 is 2.25 bits per heavy atom. The third-order valence-corrected chi connectivity index (χ3v) is 2.07. The summed E-state index contributed by atoms with van der Waals surface area (Å²) in [6.45, 7) is 1.33. The fourth-order valence-electron chi connectivity index (χ4n) is 0.940. The standard InChI is InChI=1S/C9H8ClNO5/c1-5(9(12)13)16-8-3-2-6(11(14)15)4-7(8)10/h2-5H,1H3,(H,12,13)/t5-/m1/s1. The van der Waals surface area contributed by atoms with Gasteiger partial charge in [-0.15, -0.1) is 0 Å². The molecule has 1 aromatic carbocycles. The molecule has 0 aromatic heterocycles. The largest absolute Gasteiger partial charge is 0.479 e. The number of rotatable bonds is 4. The summed E-state index contributed by atoms with van der Waals surface area (Å²) in [5.41, 5.74) is -0.180. The number of carboxylic acids is 1. The average Bonchev–Trinajstić information content (AvgIpc) is 2.20. The smallest absolute Gasteiger partial charge is 0.344 e. The summed E-state index contributed by atoms with van der Waals surface area (Å²) in [6.07, 6.45) is -1.07. The fourth-order valence-corrected chi connectivity index (χ4v) is 1.16. The first kappa shape index (κ1) is 12.3. The van der Waals surface area contributed by atoms with Crippen LogP contribution in [0.15, 0.2) is 18.2 Å². The van der Waals surface area contributed by atoms with Crippen molar-refractivity contribution in [2.45, 2.75) is 13.0 Å². The number of benzene rings is 1. The van der Waals surface area contributed by atoms with Gasteiger partial charge in [0.1, 0.15) is 5.75 Å². The lowest BCUT2D eigenvalue weighted by Crippen LogP contribution is -2.22. The molecule has 0 saturated heterocycles. The highest BCUT2D eigenvalue weighted by molar-refractivity contribution is 6.32. The molecule has 0 aliphatic rings. The molecule has 0 spiro atoms. The monoisotopic (exact) mass is 245 g/mol. The van der Waals surface area contributed by atoms with Crippen molar-refractivity contribution in [3.63, 3.8) is 0 Å². The van der Waals surface area contributed by atoms with E-state index in [9.17, 15) is 14.9 Å². The van der Waals surface area contributed by atoms with E-state index in [1.54, 1.807) is 0 Å². The Hall–Kier alpha value is -1.82. The summed E-state index contributed by atoms with van der Waals surface area (Å²) in [7, 11) is 0. The zero-order chi connectivity index (χ0) is 12.3. The number of hydrogen-bond acceptors (Lipinski definition) is 4. The van der Waals surface area contributed by atoms with E-state index in [2.05, 4.69) is 0 Å². The van der Waals surface area contributed by atoms with E-state index < -0.39 is 17.0 Å². The number of ether oxygens (including phenoxy) is 1. The maximum Gasteiger partial charge on any atom is 0.344 e. The van der Waals surface area contributed by atoms with Gasteiger partial charge in [-0.1, -0.05) is 11.6 Å². The van der Waals surface area contributed by atoms with Crippen LogP contribution in [0.4, 0.5) is 5.69 Å². The zero-order valence-electron chi connectivity index (χ0n) is 8.21. The SMILES string of the molecule is C[C@@H](Oc1ccc([N+](=O)[O-])cc1Cl)C(=O)O. The predicted octanol–water partition coefficient (Wildman–Crippen LogP) is 2.10. The first-order valence-corrected chi connectivity index (χ1v) is 4.63. The number of carboxylic acid groups (broad SMARTS) is 1. The highest BCUT2D eigenvalue weighted by atomic mass is 35.5. The second kappa shape index (κ2) is 4.80. The van der Waals surface area contributed by atoms with Crippen LogP contribution in [-0.2, 0) is 4.79 Å². The van der Waals surface area contributed by atoms with Crippen LogP contribution in [0.5, 0.6) is 5.75 Å². The quantitative estimate of drug-likeness (QED) is 0.648. The molecule has 1 aromatic rings. The lowest BCUT2D eigenvalue weighted by atomic mass is 10.3. The zero-order valence-corrected chi connectivity index (χ0v) is 8.97. The molecule has 6 nitrogen and oxygen atoms in total. The molecule has 7 heteroatoms. The first-order chi connectivity index (χ1) is 7.41. The normalized spacial score (nSPS) is 11.9. The third-order valence-electron chi connectivity index (χ3n) is 1.78. The molecule has 86 valence electrons. The van der Waals surface area contributed by atoms with E-state index in [4.69, 9.17) is 21.4 Å². The number of nitro groups is 1. The summed E-state index contributed by atoms with van der Waals surface area (Å²) in [6, 6.07) is 3.56. The van der Waals surface area contributed by atoms with Crippen LogP contribution in [0.1, 0.15) is 6.92 Å². The second-order valence-electron chi connectivity index (χ2n) is 2.97. The molecule has 16 heavy (non-hydrogen) atoms. The third kappa shape index (κ3) is 2.83. The van der Waals surface area contributed by atoms with E-state index in [0.29, 0.717) is 0 Å². The molecule has 1 atom stereocenters. The average molecular weight is 246 g/mol. The van der Waals surface area contributed by atoms with Crippen molar-refractivity contribution in [2.24, 2.45) is 0 Å². The number of nitro benzene ring substituents is 1. The van der Waals surface area contributed by atoms with E-state index in [1.807, 2.05) is 0 Å². The molecular formula is C9H8ClNO5. The molecular weight excluding hydrogens is 238 g/mol. The molecule has 0 unspecified atom stereocenters. The molecule has 0 fully saturated rings. The molecule has 0 bridgehead atoms. The molecule has 0 aliphatic carbocycles. The van der Waals surface area contributed by atoms with E-state index in [0.717, 1.165) is 6.07 Å². The number of carbonyl (C=O) groups is 1. The Morgan fingerprint density at radius 3 is 2.69 bits per heavy atom. The van der Waals surface area contributed by atoms with E-state index in [-0.39, 0.29) is 16.5 Å². The number of halogens is 1. The topological polar surface area (TPSA) is 89.7 Å². The van der Waals surface area contributed by atoms with Gasteiger partial charge in [0.25, 0.3) is 5.69 Å². The summed E-state index contributed by atoms with van der Waals surface area (Å²) in [5, 5.41) is 19.0. The van der Waals surface area contributed by atoms with Gasteiger partial charge >= 0.3 is 5.97 Å². The minimum Gasteiger partial charge on any atom is -0.479 e. The molecule has 0 amide bonds. The lowest BCUT2D eigenvalue weighted by molar-refractivity contribution is -0.384. The number of non-ortho nitro benzene ring substituents is 1. The van der Waals surface area contributed by atoms with Crippen LogP contribution in [0.2, 0.25) is 5.02 Å². The van der Waals surface area contributed by atoms with Crippen molar-refractivity contribution >= 4 is 23.3 Å². The Balaban J connectivity index is 2.91. The van der Waals surface area contributed by atoms with Gasteiger partial charge in [0.2, 0.25) is 0 Å². The van der Waals surface area contributed by atoms with Gasteiger partial charge < -0.3 is 9.84 Å². The fraction of sp³-hybridized carbons (Fsp3) is 0.222. The van der Waals surface area contributed by atoms with Crippen LogP contribution in [0.25, 0.3) is 0 Å². The van der Waals surface area contributed by atoms with Crippen molar-refractivity contribution in [1.29, 1.82) is 0 Å². The predicted molar refractivity (Wildman–Crippen MR) is 55.8 cm³/mol. The van der Waals surface area contributed by atoms with Crippen LogP contribution in [0, 0.1) is 10.1 Å². The maximum absolute atomic E-state index is 10.5. The minimum atomic E-state index is -1.14. The van der Waals surface area contributed by atoms with Crippen LogP contribution < -0.4 is 4.74 Å². The first-order valence-electron chi connectivity index (χ1n) is 4.25. The molecule has 0 aliphatic heterocycles. The van der Waals surface area contributed by atoms with Gasteiger partial charge in [-0.25, -0.2) is 4.79 Å². The molecule has 0 radical (unpaired) electrons. The van der Waals surface area contributed by atoms with Gasteiger partial charge in [-0.05, 0) is 13.0 Å². The Morgan fingerprint density at radius 1 is 1.62 bits per heavy atom. The summed E-state index contributed by atoms with van der Waals surface area (Å²) >= 11 is 5.70. The van der Waals surface area contributed by atoms with Gasteiger partial charge in [-0.2, -0.15) is 0 Å². The van der Waals surface area contributed by atoms with Gasteiger partial charge in [0, 0.05) is 12.1 Å². The minimum absolute atomic E-state index is 0.00213. The van der Waals surface area contributed by atoms with Gasteiger partial charge in [0.15, 0.2) is 6.10 Å². The van der Waals surface area contributed by atoms with Gasteiger partial charge in [0.05, 0.1) is 9.95 Å². The van der Waals surface area contributed by atoms with Crippen LogP contribution in [-0.4, -0.2) is 22.1 Å². The van der Waals surface area contributed by atoms with Crippen molar-refractivity contribution < 1.29 is 19.6 Å². The van der Waals surface area contributed by atoms with Crippen LogP contribution in [0.3, 0.4) is 0 Å². The van der Waals surface area contributed by atoms with E-state index >= 15 is 0 Å². The highest BCUT2D eigenvalue weighted by Gasteiger charge is 2.16. The lowest BCUT2D eigenvalue weighted by Gasteiger charge is -2.11. The van der Waals surface area contributed by atoms with Crippen molar-refractivity contribution in [3.05, 3.63) is 33.3 Å². The molecule has 0 saturated carbocycles. The molecule has 0 heterocycles. The van der Waals surface area contributed by atoms with Gasteiger partial charge in [-0.3, -0.25) is 10.1 Å². The van der Waals surface area contributed by atoms with Crippen molar-refractivity contribution in [2.75, 3.05) is 0 Å². The maximum atomic E-state index is 10.5.